The van der Waals surface area contributed by atoms with Gasteiger partial charge in [0.05, 0.1) is 4.90 Å². The Labute approximate surface area is 121 Å². The van der Waals surface area contributed by atoms with E-state index in [9.17, 15) is 8.42 Å². The molecular weight excluding hydrogens is 272 g/mol. The van der Waals surface area contributed by atoms with E-state index in [1.165, 1.54) is 0 Å². The van der Waals surface area contributed by atoms with E-state index in [-0.39, 0.29) is 0 Å². The summed E-state index contributed by atoms with van der Waals surface area (Å²) in [4.78, 5) is 0.460. The van der Waals surface area contributed by atoms with Crippen LogP contribution in [0.1, 0.15) is 24.0 Å². The van der Waals surface area contributed by atoms with Gasteiger partial charge in [-0.15, -0.1) is 0 Å². The fourth-order valence-corrected chi connectivity index (χ4v) is 5.16. The number of aryl methyl sites for hydroxylation is 2. The predicted octanol–water partition coefficient (Wildman–Crippen LogP) is 1.68. The molecule has 2 saturated heterocycles. The highest BCUT2D eigenvalue weighted by molar-refractivity contribution is 7.89. The Hall–Kier alpha value is -0.910. The number of fused-ring (bicyclic) bond motifs is 1. The number of hydrogen-bond donors (Lipinski definition) is 1. The molecule has 0 spiro atoms. The Morgan fingerprint density at radius 3 is 2.75 bits per heavy atom. The van der Waals surface area contributed by atoms with Gasteiger partial charge in [-0.3, -0.25) is 0 Å². The number of sulfonamides is 1. The topological polar surface area (TPSA) is 49.4 Å². The van der Waals surface area contributed by atoms with Crippen LogP contribution in [0.25, 0.3) is 0 Å². The van der Waals surface area contributed by atoms with Crippen molar-refractivity contribution in [1.29, 1.82) is 0 Å². The van der Waals surface area contributed by atoms with Crippen LogP contribution in [0, 0.1) is 19.8 Å². The molecule has 2 heterocycles. The second-order valence-electron chi connectivity index (χ2n) is 6.05. The van der Waals surface area contributed by atoms with Crippen molar-refractivity contribution in [2.24, 2.45) is 5.92 Å². The third-order valence-electron chi connectivity index (χ3n) is 4.51. The normalized spacial score (nSPS) is 27.5. The summed E-state index contributed by atoms with van der Waals surface area (Å²) in [5, 5.41) is 3.45. The molecular formula is C15H22N2O2S. The summed E-state index contributed by atoms with van der Waals surface area (Å²) in [6, 6.07) is 5.90. The molecule has 2 atom stereocenters. The van der Waals surface area contributed by atoms with E-state index >= 15 is 0 Å². The molecule has 0 bridgehead atoms. The minimum absolute atomic E-state index is 0.337. The molecule has 0 saturated carbocycles. The molecule has 2 aliphatic rings. The third kappa shape index (κ3) is 2.38. The number of nitrogens with zero attached hydrogens (tertiary/aromatic N) is 1. The van der Waals surface area contributed by atoms with Gasteiger partial charge in [-0.05, 0) is 50.8 Å². The minimum atomic E-state index is -3.35. The lowest BCUT2D eigenvalue weighted by Gasteiger charge is -2.24. The van der Waals surface area contributed by atoms with Gasteiger partial charge in [0, 0.05) is 19.1 Å². The Morgan fingerprint density at radius 2 is 2.05 bits per heavy atom. The van der Waals surface area contributed by atoms with Gasteiger partial charge in [-0.25, -0.2) is 8.42 Å². The smallest absolute Gasteiger partial charge is 0.243 e. The van der Waals surface area contributed by atoms with Crippen LogP contribution in [-0.4, -0.2) is 38.4 Å². The van der Waals surface area contributed by atoms with Crippen molar-refractivity contribution >= 4 is 10.0 Å². The average Bonchev–Trinajstić information content (AvgIpc) is 2.82. The first kappa shape index (κ1) is 14.0. The second kappa shape index (κ2) is 5.13. The lowest BCUT2D eigenvalue weighted by Crippen LogP contribution is -2.41. The first-order valence-corrected chi connectivity index (χ1v) is 8.73. The molecule has 0 amide bonds. The summed E-state index contributed by atoms with van der Waals surface area (Å²) in [5.41, 5.74) is 1.94. The van der Waals surface area contributed by atoms with Crippen molar-refractivity contribution in [1.82, 2.24) is 9.62 Å². The molecule has 0 aromatic heterocycles. The first-order valence-electron chi connectivity index (χ1n) is 7.29. The maximum absolute atomic E-state index is 12.8. The number of rotatable bonds is 2. The van der Waals surface area contributed by atoms with Crippen molar-refractivity contribution in [3.8, 4) is 0 Å². The minimum Gasteiger partial charge on any atom is -0.312 e. The molecule has 5 heteroatoms. The van der Waals surface area contributed by atoms with Crippen LogP contribution < -0.4 is 5.32 Å². The Kier molecular flexibility index (Phi) is 3.60. The molecule has 2 aliphatic heterocycles. The summed E-state index contributed by atoms with van der Waals surface area (Å²) in [6.45, 7) is 6.14. The standard InChI is InChI=1S/C15H22N2O2S/c1-11-5-6-15(12(2)8-11)20(18,19)17-9-13-4-3-7-16-14(13)10-17/h5-6,8,13-14,16H,3-4,7,9-10H2,1-2H3. The van der Waals surface area contributed by atoms with E-state index in [1.807, 2.05) is 26.0 Å². The van der Waals surface area contributed by atoms with Crippen LogP contribution in [0.4, 0.5) is 0 Å². The largest absolute Gasteiger partial charge is 0.312 e. The fourth-order valence-electron chi connectivity index (χ4n) is 3.43. The van der Waals surface area contributed by atoms with E-state index in [0.29, 0.717) is 29.9 Å². The zero-order chi connectivity index (χ0) is 14.3. The molecule has 1 N–H and O–H groups in total. The molecule has 0 radical (unpaired) electrons. The van der Waals surface area contributed by atoms with Crippen LogP contribution in [0.2, 0.25) is 0 Å². The summed E-state index contributed by atoms with van der Waals surface area (Å²) in [7, 11) is -3.35. The molecule has 2 fully saturated rings. The molecule has 1 aromatic carbocycles. The molecule has 4 nitrogen and oxygen atoms in total. The van der Waals surface area contributed by atoms with Gasteiger partial charge < -0.3 is 5.32 Å². The van der Waals surface area contributed by atoms with Crippen molar-refractivity contribution < 1.29 is 8.42 Å². The van der Waals surface area contributed by atoms with Crippen LogP contribution in [0.5, 0.6) is 0 Å². The Bertz CT molecular complexity index is 598. The van der Waals surface area contributed by atoms with Gasteiger partial charge in [0.2, 0.25) is 10.0 Å². The van der Waals surface area contributed by atoms with Crippen molar-refractivity contribution in [3.05, 3.63) is 29.3 Å². The predicted molar refractivity (Wildman–Crippen MR) is 79.2 cm³/mol. The number of piperidine rings is 1. The van der Waals surface area contributed by atoms with Gasteiger partial charge >= 0.3 is 0 Å². The van der Waals surface area contributed by atoms with Gasteiger partial charge in [0.1, 0.15) is 0 Å². The van der Waals surface area contributed by atoms with E-state index in [2.05, 4.69) is 5.32 Å². The highest BCUT2D eigenvalue weighted by Crippen LogP contribution is 2.30. The van der Waals surface area contributed by atoms with Crippen molar-refractivity contribution in [2.75, 3.05) is 19.6 Å². The lowest BCUT2D eigenvalue weighted by atomic mass is 9.94. The van der Waals surface area contributed by atoms with Crippen LogP contribution in [0.3, 0.4) is 0 Å². The average molecular weight is 294 g/mol. The van der Waals surface area contributed by atoms with Crippen molar-refractivity contribution in [3.63, 3.8) is 0 Å². The number of nitrogens with one attached hydrogen (secondary N) is 1. The summed E-state index contributed by atoms with van der Waals surface area (Å²) in [5.74, 6) is 0.476. The van der Waals surface area contributed by atoms with Gasteiger partial charge in [-0.1, -0.05) is 17.7 Å². The first-order chi connectivity index (χ1) is 9.48. The van der Waals surface area contributed by atoms with Crippen molar-refractivity contribution in [2.45, 2.75) is 37.6 Å². The molecule has 20 heavy (non-hydrogen) atoms. The molecule has 0 aliphatic carbocycles. The highest BCUT2D eigenvalue weighted by Gasteiger charge is 2.40. The van der Waals surface area contributed by atoms with Gasteiger partial charge in [-0.2, -0.15) is 4.31 Å². The van der Waals surface area contributed by atoms with E-state index in [1.54, 1.807) is 10.4 Å². The SMILES string of the molecule is Cc1ccc(S(=O)(=O)N2CC3CCCNC3C2)c(C)c1. The summed E-state index contributed by atoms with van der Waals surface area (Å²) < 4.78 is 27.3. The van der Waals surface area contributed by atoms with Gasteiger partial charge in [0.25, 0.3) is 0 Å². The van der Waals surface area contributed by atoms with Gasteiger partial charge in [0.15, 0.2) is 0 Å². The monoisotopic (exact) mass is 294 g/mol. The van der Waals surface area contributed by atoms with Crippen LogP contribution in [-0.2, 0) is 10.0 Å². The Morgan fingerprint density at radius 1 is 1.25 bits per heavy atom. The van der Waals surface area contributed by atoms with Crippen LogP contribution >= 0.6 is 0 Å². The second-order valence-corrected chi connectivity index (χ2v) is 7.96. The fraction of sp³-hybridized carbons (Fsp3) is 0.600. The molecule has 1 aromatic rings. The van der Waals surface area contributed by atoms with E-state index < -0.39 is 10.0 Å². The molecule has 3 rings (SSSR count). The zero-order valence-corrected chi connectivity index (χ0v) is 12.9. The van der Waals surface area contributed by atoms with E-state index in [4.69, 9.17) is 0 Å². The Balaban J connectivity index is 1.89. The summed E-state index contributed by atoms with van der Waals surface area (Å²) in [6.07, 6.45) is 2.29. The third-order valence-corrected chi connectivity index (χ3v) is 6.51. The maximum Gasteiger partial charge on any atom is 0.243 e. The van der Waals surface area contributed by atoms with Crippen LogP contribution in [0.15, 0.2) is 23.1 Å². The zero-order valence-electron chi connectivity index (χ0n) is 12.1. The maximum atomic E-state index is 12.8. The summed E-state index contributed by atoms with van der Waals surface area (Å²) >= 11 is 0. The molecule has 110 valence electrons. The highest BCUT2D eigenvalue weighted by atomic mass is 32.2. The number of benzene rings is 1. The molecule has 2 unspecified atom stereocenters. The number of hydrogen-bond acceptors (Lipinski definition) is 3. The quantitative estimate of drug-likeness (QED) is 0.903. The lowest BCUT2D eigenvalue weighted by molar-refractivity contribution is 0.339. The van der Waals surface area contributed by atoms with E-state index in [0.717, 1.165) is 30.5 Å².